The van der Waals surface area contributed by atoms with Crippen LogP contribution >= 0.6 is 12.2 Å². The average Bonchev–Trinajstić information content (AvgIpc) is 3.16. The van der Waals surface area contributed by atoms with Crippen LogP contribution in [-0.4, -0.2) is 42.5 Å². The zero-order valence-corrected chi connectivity index (χ0v) is 18.4. The third kappa shape index (κ3) is 5.25. The number of thiocarbonyl (C=S) groups is 1. The van der Waals surface area contributed by atoms with Crippen molar-refractivity contribution in [2.24, 2.45) is 0 Å². The topological polar surface area (TPSA) is 124 Å². The van der Waals surface area contributed by atoms with E-state index >= 15 is 0 Å². The first-order chi connectivity index (χ1) is 15.1. The zero-order chi connectivity index (χ0) is 23.5. The second-order valence-electron chi connectivity index (χ2n) is 6.74. The van der Waals surface area contributed by atoms with Gasteiger partial charge in [0.15, 0.2) is 5.11 Å². The van der Waals surface area contributed by atoms with E-state index in [-0.39, 0.29) is 47.4 Å². The lowest BCUT2D eigenvalue weighted by atomic mass is 10.1. The Balaban J connectivity index is 1.86. The lowest BCUT2D eigenvalue weighted by molar-refractivity contribution is -0.122. The molecule has 1 aromatic heterocycles. The summed E-state index contributed by atoms with van der Waals surface area (Å²) in [5, 5.41) is 11.0. The molecule has 0 aliphatic carbocycles. The largest absolute Gasteiger partial charge is 0.460 e. The van der Waals surface area contributed by atoms with E-state index in [4.69, 9.17) is 21.9 Å². The molecule has 2 amide bonds. The average molecular weight is 477 g/mol. The molecule has 1 fully saturated rings. The van der Waals surface area contributed by atoms with Crippen LogP contribution < -0.4 is 10.2 Å². The van der Waals surface area contributed by atoms with Gasteiger partial charge in [0.25, 0.3) is 11.8 Å². The van der Waals surface area contributed by atoms with Crippen LogP contribution in [0.4, 0.5) is 10.1 Å². The number of nitrogens with one attached hydrogen (secondary N) is 1. The molecule has 166 valence electrons. The Morgan fingerprint density at radius 2 is 1.94 bits per heavy atom. The van der Waals surface area contributed by atoms with Crippen molar-refractivity contribution in [3.63, 3.8) is 0 Å². The Hall–Kier alpha value is -3.40. The van der Waals surface area contributed by atoms with Gasteiger partial charge in [-0.15, -0.1) is 0 Å². The monoisotopic (exact) mass is 476 g/mol. The number of nitriles is 1. The predicted octanol–water partition coefficient (Wildman–Crippen LogP) is 1.93. The summed E-state index contributed by atoms with van der Waals surface area (Å²) in [6, 6.07) is 9.87. The maximum Gasteiger partial charge on any atom is 0.270 e. The van der Waals surface area contributed by atoms with Gasteiger partial charge >= 0.3 is 0 Å². The summed E-state index contributed by atoms with van der Waals surface area (Å²) in [5.74, 6) is -1.56. The Morgan fingerprint density at radius 1 is 1.25 bits per heavy atom. The molecule has 0 atom stereocenters. The highest BCUT2D eigenvalue weighted by atomic mass is 32.2. The Labute approximate surface area is 188 Å². The number of nitrogens with zero attached hydrogens (tertiary/aromatic N) is 3. The number of carbonyl (C=O) groups excluding carboxylic acids is 2. The van der Waals surface area contributed by atoms with Crippen molar-refractivity contribution in [1.29, 1.82) is 5.26 Å². The van der Waals surface area contributed by atoms with Crippen LogP contribution in [0.3, 0.4) is 0 Å². The first-order valence-electron chi connectivity index (χ1n) is 9.18. The van der Waals surface area contributed by atoms with E-state index in [0.717, 1.165) is 27.6 Å². The first-order valence-corrected chi connectivity index (χ1v) is 11.4. The molecule has 0 radical (unpaired) electrons. The van der Waals surface area contributed by atoms with Crippen LogP contribution in [0.25, 0.3) is 6.08 Å². The maximum atomic E-state index is 13.2. The minimum atomic E-state index is -3.58. The Morgan fingerprint density at radius 3 is 2.56 bits per heavy atom. The van der Waals surface area contributed by atoms with E-state index < -0.39 is 27.7 Å². The van der Waals surface area contributed by atoms with Crippen LogP contribution in [0.5, 0.6) is 0 Å². The first kappa shape index (κ1) is 23.3. The summed E-state index contributed by atoms with van der Waals surface area (Å²) >= 11 is 5.08. The van der Waals surface area contributed by atoms with Gasteiger partial charge in [-0.05, 0) is 54.7 Å². The number of sulfonamides is 1. The molecular weight excluding hydrogens is 459 g/mol. The highest BCUT2D eigenvalue weighted by molar-refractivity contribution is 7.88. The van der Waals surface area contributed by atoms with E-state index in [2.05, 4.69) is 5.32 Å². The molecule has 2 heterocycles. The van der Waals surface area contributed by atoms with Gasteiger partial charge in [0, 0.05) is 13.0 Å². The van der Waals surface area contributed by atoms with Gasteiger partial charge in [-0.2, -0.15) is 9.57 Å². The molecule has 12 heteroatoms. The van der Waals surface area contributed by atoms with Crippen molar-refractivity contribution in [1.82, 2.24) is 9.62 Å². The molecule has 1 N–H and O–H groups in total. The van der Waals surface area contributed by atoms with Crippen molar-refractivity contribution in [2.45, 2.75) is 13.0 Å². The number of benzene rings is 1. The smallest absolute Gasteiger partial charge is 0.270 e. The number of hydrogen-bond acceptors (Lipinski definition) is 7. The molecule has 0 unspecified atom stereocenters. The second-order valence-corrected chi connectivity index (χ2v) is 9.11. The van der Waals surface area contributed by atoms with E-state index in [1.807, 2.05) is 6.07 Å². The van der Waals surface area contributed by atoms with Gasteiger partial charge < -0.3 is 4.42 Å². The van der Waals surface area contributed by atoms with Crippen molar-refractivity contribution < 1.29 is 26.8 Å². The predicted molar refractivity (Wildman–Crippen MR) is 117 cm³/mol. The van der Waals surface area contributed by atoms with Gasteiger partial charge in [0.1, 0.15) is 22.9 Å². The minimum absolute atomic E-state index is 0.00256. The fourth-order valence-electron chi connectivity index (χ4n) is 2.89. The van der Waals surface area contributed by atoms with Crippen molar-refractivity contribution in [3.05, 3.63) is 59.3 Å². The SMILES string of the molecule is CS(=O)(=O)N(CCC#N)Cc1ccc(C=C2C(=O)NC(=S)N(c3ccc(F)cc3)C2=O)o1. The summed E-state index contributed by atoms with van der Waals surface area (Å²) in [7, 11) is -3.58. The number of hydrogen-bond donors (Lipinski definition) is 1. The van der Waals surface area contributed by atoms with Crippen molar-refractivity contribution in [3.8, 4) is 6.07 Å². The van der Waals surface area contributed by atoms with Gasteiger partial charge in [-0.3, -0.25) is 19.8 Å². The molecule has 2 aromatic rings. The molecule has 1 aliphatic heterocycles. The van der Waals surface area contributed by atoms with Crippen LogP contribution in [0.1, 0.15) is 17.9 Å². The maximum absolute atomic E-state index is 13.2. The Kier molecular flexibility index (Phi) is 6.83. The summed E-state index contributed by atoms with van der Waals surface area (Å²) in [4.78, 5) is 26.3. The van der Waals surface area contributed by atoms with Crippen molar-refractivity contribution >= 4 is 50.9 Å². The minimum Gasteiger partial charge on any atom is -0.460 e. The molecule has 9 nitrogen and oxygen atoms in total. The van der Waals surface area contributed by atoms with Gasteiger partial charge in [-0.25, -0.2) is 12.8 Å². The van der Waals surface area contributed by atoms with Crippen LogP contribution in [-0.2, 0) is 26.2 Å². The van der Waals surface area contributed by atoms with E-state index in [1.54, 1.807) is 0 Å². The molecule has 1 aromatic carbocycles. The molecule has 1 saturated heterocycles. The van der Waals surface area contributed by atoms with Crippen molar-refractivity contribution in [2.75, 3.05) is 17.7 Å². The molecule has 0 bridgehead atoms. The van der Waals surface area contributed by atoms with Crippen LogP contribution in [0.15, 0.2) is 46.4 Å². The zero-order valence-electron chi connectivity index (χ0n) is 16.7. The summed E-state index contributed by atoms with van der Waals surface area (Å²) in [6.07, 6.45) is 2.24. The summed E-state index contributed by atoms with van der Waals surface area (Å²) < 4.78 is 43.7. The highest BCUT2D eigenvalue weighted by Gasteiger charge is 2.34. The summed E-state index contributed by atoms with van der Waals surface area (Å²) in [6.45, 7) is -0.118. The molecule has 0 spiro atoms. The van der Waals surface area contributed by atoms with Gasteiger partial charge in [-0.1, -0.05) is 0 Å². The number of furan rings is 1. The molecule has 0 saturated carbocycles. The van der Waals surface area contributed by atoms with E-state index in [9.17, 15) is 22.4 Å². The van der Waals surface area contributed by atoms with Gasteiger partial charge in [0.05, 0.1) is 24.6 Å². The van der Waals surface area contributed by atoms with E-state index in [1.165, 1.54) is 30.3 Å². The third-order valence-corrected chi connectivity index (χ3v) is 5.96. The van der Waals surface area contributed by atoms with Crippen LogP contribution in [0.2, 0.25) is 0 Å². The Bertz CT molecular complexity index is 1250. The quantitative estimate of drug-likeness (QED) is 0.368. The number of halogens is 1. The fourth-order valence-corrected chi connectivity index (χ4v) is 3.96. The highest BCUT2D eigenvalue weighted by Crippen LogP contribution is 2.23. The number of carbonyl (C=O) groups is 2. The standard InChI is InChI=1S/C20H17FN4O5S2/c1-32(28,29)24(10-2-9-22)12-16-8-7-15(30-16)11-17-18(26)23-20(31)25(19(17)27)14-5-3-13(21)4-6-14/h3-8,11H,2,10,12H2,1H3,(H,23,26,31). The van der Waals surface area contributed by atoms with E-state index in [0.29, 0.717) is 0 Å². The molecule has 1 aliphatic rings. The second kappa shape index (κ2) is 9.39. The number of anilines is 1. The number of amides is 2. The molecule has 32 heavy (non-hydrogen) atoms. The van der Waals surface area contributed by atoms with Gasteiger partial charge in [0.2, 0.25) is 10.0 Å². The number of rotatable bonds is 7. The normalized spacial score (nSPS) is 15.9. The molecule has 3 rings (SSSR count). The van der Waals surface area contributed by atoms with Crippen LogP contribution in [0, 0.1) is 17.1 Å². The molecular formula is C20H17FN4O5S2. The lowest BCUT2D eigenvalue weighted by Gasteiger charge is -2.28. The lowest BCUT2D eigenvalue weighted by Crippen LogP contribution is -2.54. The third-order valence-electron chi connectivity index (χ3n) is 4.43. The fraction of sp³-hybridized carbons (Fsp3) is 0.200. The summed E-state index contributed by atoms with van der Waals surface area (Å²) in [5.41, 5.74) is 0.00185.